The third-order valence-corrected chi connectivity index (χ3v) is 4.17. The van der Waals surface area contributed by atoms with Gasteiger partial charge in [-0.25, -0.2) is 4.39 Å². The summed E-state index contributed by atoms with van der Waals surface area (Å²) in [5.41, 5.74) is 2.33. The van der Waals surface area contributed by atoms with Crippen LogP contribution in [0.5, 0.6) is 0 Å². The van der Waals surface area contributed by atoms with E-state index in [-0.39, 0.29) is 5.82 Å². The maximum absolute atomic E-state index is 13.2. The topological polar surface area (TPSA) is 15.3 Å². The minimum Gasteiger partial charge on any atom is -0.316 e. The van der Waals surface area contributed by atoms with Crippen molar-refractivity contribution >= 4 is 0 Å². The van der Waals surface area contributed by atoms with E-state index in [0.29, 0.717) is 0 Å². The fourth-order valence-electron chi connectivity index (χ4n) is 3.13. The predicted octanol–water partition coefficient (Wildman–Crippen LogP) is 1.79. The Morgan fingerprint density at radius 1 is 1.29 bits per heavy atom. The molecule has 1 aromatic rings. The lowest BCUT2D eigenvalue weighted by Crippen LogP contribution is -2.25. The van der Waals surface area contributed by atoms with Crippen LogP contribution in [0.25, 0.3) is 0 Å². The molecule has 2 nitrogen and oxygen atoms in total. The van der Waals surface area contributed by atoms with Gasteiger partial charge >= 0.3 is 0 Å². The van der Waals surface area contributed by atoms with Crippen molar-refractivity contribution in [3.05, 3.63) is 35.1 Å². The Bertz CT molecular complexity index is 407. The summed E-state index contributed by atoms with van der Waals surface area (Å²) in [5.74, 6) is 1.50. The molecule has 0 bridgehead atoms. The van der Waals surface area contributed by atoms with Crippen molar-refractivity contribution in [2.75, 3.05) is 26.2 Å². The summed E-state index contributed by atoms with van der Waals surface area (Å²) < 4.78 is 13.2. The Morgan fingerprint density at radius 2 is 2.00 bits per heavy atom. The number of hydrogen-bond acceptors (Lipinski definition) is 2. The van der Waals surface area contributed by atoms with E-state index in [2.05, 4.69) is 17.1 Å². The lowest BCUT2D eigenvalue weighted by Gasteiger charge is -2.18. The molecule has 0 radical (unpaired) electrons. The van der Waals surface area contributed by atoms with Gasteiger partial charge in [-0.15, -0.1) is 0 Å². The van der Waals surface area contributed by atoms with Gasteiger partial charge in [-0.05, 0) is 55.1 Å². The Kier molecular flexibility index (Phi) is 2.89. The van der Waals surface area contributed by atoms with Gasteiger partial charge in [0.1, 0.15) is 5.82 Å². The van der Waals surface area contributed by atoms with Crippen molar-refractivity contribution in [1.82, 2.24) is 10.2 Å². The van der Waals surface area contributed by atoms with Gasteiger partial charge in [-0.2, -0.15) is 0 Å². The first-order valence-electron chi connectivity index (χ1n) is 6.40. The number of hydrogen-bond donors (Lipinski definition) is 1. The minimum atomic E-state index is -0.119. The second kappa shape index (κ2) is 4.39. The summed E-state index contributed by atoms with van der Waals surface area (Å²) in [7, 11) is 0. The van der Waals surface area contributed by atoms with Crippen molar-refractivity contribution in [3.63, 3.8) is 0 Å². The Balaban J connectivity index is 1.69. The molecule has 2 aliphatic rings. The maximum atomic E-state index is 13.2. The standard InChI is InChI=1S/C14H19FN2/c1-10-2-3-14(15)4-11(10)7-17-8-12-5-16-6-13(12)9-17/h2-4,12-13,16H,5-9H2,1H3/t12-,13+. The monoisotopic (exact) mass is 234 g/mol. The molecular weight excluding hydrogens is 215 g/mol. The summed E-state index contributed by atoms with van der Waals surface area (Å²) in [5, 5.41) is 3.44. The first-order chi connectivity index (χ1) is 8.22. The van der Waals surface area contributed by atoms with Gasteiger partial charge in [0.25, 0.3) is 0 Å². The number of likely N-dealkylation sites (tertiary alicyclic amines) is 1. The van der Waals surface area contributed by atoms with Crippen molar-refractivity contribution < 1.29 is 4.39 Å². The highest BCUT2D eigenvalue weighted by Crippen LogP contribution is 2.27. The van der Waals surface area contributed by atoms with Crippen LogP contribution in [0.15, 0.2) is 18.2 Å². The van der Waals surface area contributed by atoms with Crippen LogP contribution in [-0.2, 0) is 6.54 Å². The smallest absolute Gasteiger partial charge is 0.123 e. The molecule has 2 heterocycles. The van der Waals surface area contributed by atoms with Gasteiger partial charge < -0.3 is 5.32 Å². The zero-order valence-electron chi connectivity index (χ0n) is 10.2. The van der Waals surface area contributed by atoms with Gasteiger partial charge in [0.2, 0.25) is 0 Å². The number of benzene rings is 1. The van der Waals surface area contributed by atoms with Crippen LogP contribution in [0.4, 0.5) is 4.39 Å². The summed E-state index contributed by atoms with van der Waals surface area (Å²) in [6.45, 7) is 7.59. The highest BCUT2D eigenvalue weighted by atomic mass is 19.1. The summed E-state index contributed by atoms with van der Waals surface area (Å²) in [6.07, 6.45) is 0. The van der Waals surface area contributed by atoms with Crippen LogP contribution in [0, 0.1) is 24.6 Å². The highest BCUT2D eigenvalue weighted by molar-refractivity contribution is 5.26. The van der Waals surface area contributed by atoms with Gasteiger partial charge in [0.05, 0.1) is 0 Å². The molecule has 17 heavy (non-hydrogen) atoms. The second-order valence-corrected chi connectivity index (χ2v) is 5.44. The molecule has 0 aliphatic carbocycles. The zero-order chi connectivity index (χ0) is 11.8. The minimum absolute atomic E-state index is 0.119. The number of nitrogens with zero attached hydrogens (tertiary/aromatic N) is 1. The zero-order valence-corrected chi connectivity index (χ0v) is 10.2. The van der Waals surface area contributed by atoms with Gasteiger partial charge in [0.15, 0.2) is 0 Å². The molecule has 2 aliphatic heterocycles. The van der Waals surface area contributed by atoms with E-state index >= 15 is 0 Å². The van der Waals surface area contributed by atoms with Crippen molar-refractivity contribution in [2.24, 2.45) is 11.8 Å². The molecule has 2 fully saturated rings. The van der Waals surface area contributed by atoms with E-state index in [0.717, 1.165) is 50.1 Å². The normalized spacial score (nSPS) is 28.6. The Labute approximate surface area is 102 Å². The van der Waals surface area contributed by atoms with Crippen molar-refractivity contribution in [3.8, 4) is 0 Å². The summed E-state index contributed by atoms with van der Waals surface area (Å²) in [6, 6.07) is 5.10. The maximum Gasteiger partial charge on any atom is 0.123 e. The van der Waals surface area contributed by atoms with Crippen molar-refractivity contribution in [2.45, 2.75) is 13.5 Å². The third-order valence-electron chi connectivity index (χ3n) is 4.17. The molecule has 0 unspecified atom stereocenters. The van der Waals surface area contributed by atoms with E-state index in [1.54, 1.807) is 12.1 Å². The molecule has 0 aromatic heterocycles. The van der Waals surface area contributed by atoms with Crippen molar-refractivity contribution in [1.29, 1.82) is 0 Å². The van der Waals surface area contributed by atoms with E-state index in [9.17, 15) is 4.39 Å². The van der Waals surface area contributed by atoms with E-state index < -0.39 is 0 Å². The van der Waals surface area contributed by atoms with E-state index in [4.69, 9.17) is 0 Å². The molecule has 2 atom stereocenters. The Hall–Kier alpha value is -0.930. The van der Waals surface area contributed by atoms with Gasteiger partial charge in [-0.1, -0.05) is 6.07 Å². The molecule has 0 amide bonds. The van der Waals surface area contributed by atoms with E-state index in [1.165, 1.54) is 5.56 Å². The highest BCUT2D eigenvalue weighted by Gasteiger charge is 2.35. The van der Waals surface area contributed by atoms with Crippen LogP contribution in [0.3, 0.4) is 0 Å². The van der Waals surface area contributed by atoms with Gasteiger partial charge in [-0.3, -0.25) is 4.90 Å². The fraction of sp³-hybridized carbons (Fsp3) is 0.571. The number of fused-ring (bicyclic) bond motifs is 1. The number of rotatable bonds is 2. The fourth-order valence-corrected chi connectivity index (χ4v) is 3.13. The average molecular weight is 234 g/mol. The molecule has 1 N–H and O–H groups in total. The predicted molar refractivity (Wildman–Crippen MR) is 66.3 cm³/mol. The third kappa shape index (κ3) is 2.22. The molecule has 92 valence electrons. The SMILES string of the molecule is Cc1ccc(F)cc1CN1C[C@H]2CNC[C@H]2C1. The number of aryl methyl sites for hydroxylation is 1. The molecule has 0 saturated carbocycles. The van der Waals surface area contributed by atoms with Crippen LogP contribution in [0.1, 0.15) is 11.1 Å². The molecule has 3 heteroatoms. The average Bonchev–Trinajstić information content (AvgIpc) is 2.83. The Morgan fingerprint density at radius 3 is 2.71 bits per heavy atom. The second-order valence-electron chi connectivity index (χ2n) is 5.44. The van der Waals surface area contributed by atoms with Crippen LogP contribution in [-0.4, -0.2) is 31.1 Å². The summed E-state index contributed by atoms with van der Waals surface area (Å²) in [4.78, 5) is 2.47. The van der Waals surface area contributed by atoms with Crippen LogP contribution < -0.4 is 5.32 Å². The molecule has 1 aromatic carbocycles. The molecule has 2 saturated heterocycles. The quantitative estimate of drug-likeness (QED) is 0.839. The first kappa shape index (κ1) is 11.2. The summed E-state index contributed by atoms with van der Waals surface area (Å²) >= 11 is 0. The largest absolute Gasteiger partial charge is 0.316 e. The number of halogens is 1. The molecule has 3 rings (SSSR count). The number of nitrogens with one attached hydrogen (secondary N) is 1. The first-order valence-corrected chi connectivity index (χ1v) is 6.40. The van der Waals surface area contributed by atoms with Crippen LogP contribution in [0.2, 0.25) is 0 Å². The van der Waals surface area contributed by atoms with E-state index in [1.807, 2.05) is 6.07 Å². The lowest BCUT2D eigenvalue weighted by atomic mass is 10.0. The molecular formula is C14H19FN2. The van der Waals surface area contributed by atoms with Gasteiger partial charge in [0, 0.05) is 19.6 Å². The molecule has 0 spiro atoms. The lowest BCUT2D eigenvalue weighted by molar-refractivity contribution is 0.304. The van der Waals surface area contributed by atoms with Crippen LogP contribution >= 0.6 is 0 Å².